The lowest BCUT2D eigenvalue weighted by molar-refractivity contribution is -0.118. The van der Waals surface area contributed by atoms with Crippen LogP contribution in [0.4, 0.5) is 5.82 Å². The number of nitrogens with one attached hydrogen (secondary N) is 2. The quantitative estimate of drug-likeness (QED) is 0.889. The Kier molecular flexibility index (Phi) is 2.96. The Balaban J connectivity index is 2.35. The van der Waals surface area contributed by atoms with E-state index in [1.54, 1.807) is 0 Å². The predicted octanol–water partition coefficient (Wildman–Crippen LogP) is 2.92. The molecule has 4 nitrogen and oxygen atoms in total. The van der Waals surface area contributed by atoms with E-state index in [0.29, 0.717) is 5.82 Å². The number of hydrogen-bond acceptors (Lipinski definition) is 2. The van der Waals surface area contributed by atoms with Crippen LogP contribution in [0.5, 0.6) is 0 Å². The topological polar surface area (TPSA) is 57.8 Å². The summed E-state index contributed by atoms with van der Waals surface area (Å²) in [7, 11) is 0. The molecule has 0 fully saturated rings. The van der Waals surface area contributed by atoms with E-state index in [1.807, 2.05) is 32.0 Å². The molecule has 0 aliphatic carbocycles. The molecule has 2 N–H and O–H groups in total. The standard InChI is InChI=1S/C11H12BrN3O/c1-6(2)11(16)13-10-8-4-3-7(12)5-9(8)14-15-10/h3-6H,1-2H3,(H2,13,14,15,16). The van der Waals surface area contributed by atoms with Crippen molar-refractivity contribution in [3.05, 3.63) is 22.7 Å². The minimum Gasteiger partial charge on any atom is -0.308 e. The highest BCUT2D eigenvalue weighted by Crippen LogP contribution is 2.23. The van der Waals surface area contributed by atoms with Crippen molar-refractivity contribution < 1.29 is 4.79 Å². The second-order valence-corrected chi connectivity index (χ2v) is 4.82. The Bertz CT molecular complexity index is 533. The first-order chi connectivity index (χ1) is 7.58. The first-order valence-corrected chi connectivity index (χ1v) is 5.81. The highest BCUT2D eigenvalue weighted by atomic mass is 79.9. The minimum absolute atomic E-state index is 0.0312. The van der Waals surface area contributed by atoms with Crippen LogP contribution in [0, 0.1) is 5.92 Å². The number of rotatable bonds is 2. The predicted molar refractivity (Wildman–Crippen MR) is 67.3 cm³/mol. The van der Waals surface area contributed by atoms with Gasteiger partial charge in [-0.05, 0) is 18.2 Å². The normalized spacial score (nSPS) is 11.0. The van der Waals surface area contributed by atoms with Crippen molar-refractivity contribution in [2.45, 2.75) is 13.8 Å². The zero-order chi connectivity index (χ0) is 11.7. The van der Waals surface area contributed by atoms with Gasteiger partial charge in [0.25, 0.3) is 0 Å². The van der Waals surface area contributed by atoms with Gasteiger partial charge >= 0.3 is 0 Å². The van der Waals surface area contributed by atoms with Gasteiger partial charge in [-0.3, -0.25) is 9.89 Å². The molecule has 0 aliphatic heterocycles. The largest absolute Gasteiger partial charge is 0.308 e. The SMILES string of the molecule is CC(C)C(=O)Nc1n[nH]c2cc(Br)ccc12. The Morgan fingerprint density at radius 3 is 2.94 bits per heavy atom. The van der Waals surface area contributed by atoms with Gasteiger partial charge in [-0.2, -0.15) is 5.10 Å². The van der Waals surface area contributed by atoms with Crippen LogP contribution < -0.4 is 5.32 Å². The van der Waals surface area contributed by atoms with Crippen LogP contribution in [-0.4, -0.2) is 16.1 Å². The monoisotopic (exact) mass is 281 g/mol. The van der Waals surface area contributed by atoms with Crippen LogP contribution in [0.25, 0.3) is 10.9 Å². The molecule has 1 aromatic heterocycles. The van der Waals surface area contributed by atoms with Crippen molar-refractivity contribution in [1.29, 1.82) is 0 Å². The molecule has 84 valence electrons. The maximum Gasteiger partial charge on any atom is 0.228 e. The average Bonchev–Trinajstić information content (AvgIpc) is 2.60. The van der Waals surface area contributed by atoms with E-state index in [2.05, 4.69) is 31.4 Å². The fourth-order valence-electron chi connectivity index (χ4n) is 1.35. The van der Waals surface area contributed by atoms with Crippen LogP contribution in [0.1, 0.15) is 13.8 Å². The van der Waals surface area contributed by atoms with E-state index in [-0.39, 0.29) is 11.8 Å². The van der Waals surface area contributed by atoms with E-state index in [4.69, 9.17) is 0 Å². The molecule has 0 radical (unpaired) electrons. The number of hydrogen-bond donors (Lipinski definition) is 2. The third-order valence-corrected chi connectivity index (χ3v) is 2.78. The van der Waals surface area contributed by atoms with Crippen molar-refractivity contribution in [3.63, 3.8) is 0 Å². The summed E-state index contributed by atoms with van der Waals surface area (Å²) in [5.74, 6) is 0.500. The second kappa shape index (κ2) is 4.25. The van der Waals surface area contributed by atoms with Gasteiger partial charge < -0.3 is 5.32 Å². The number of benzene rings is 1. The molecule has 16 heavy (non-hydrogen) atoms. The van der Waals surface area contributed by atoms with Gasteiger partial charge in [0.15, 0.2) is 5.82 Å². The lowest BCUT2D eigenvalue weighted by Gasteiger charge is -2.04. The molecule has 1 aromatic carbocycles. The summed E-state index contributed by atoms with van der Waals surface area (Å²) in [5, 5.41) is 10.7. The zero-order valence-corrected chi connectivity index (χ0v) is 10.6. The summed E-state index contributed by atoms with van der Waals surface area (Å²) in [6.45, 7) is 3.70. The lowest BCUT2D eigenvalue weighted by Crippen LogP contribution is -2.18. The van der Waals surface area contributed by atoms with Gasteiger partial charge in [0.05, 0.1) is 5.52 Å². The van der Waals surface area contributed by atoms with Crippen LogP contribution in [-0.2, 0) is 4.79 Å². The van der Waals surface area contributed by atoms with Gasteiger partial charge in [0.1, 0.15) is 0 Å². The fourth-order valence-corrected chi connectivity index (χ4v) is 1.71. The number of nitrogens with zero attached hydrogens (tertiary/aromatic N) is 1. The smallest absolute Gasteiger partial charge is 0.228 e. The number of carbonyl (C=O) groups excluding carboxylic acids is 1. The number of amides is 1. The van der Waals surface area contributed by atoms with E-state index in [0.717, 1.165) is 15.4 Å². The van der Waals surface area contributed by atoms with E-state index in [9.17, 15) is 4.79 Å². The number of fused-ring (bicyclic) bond motifs is 1. The molecule has 0 bridgehead atoms. The molecule has 2 aromatic rings. The van der Waals surface area contributed by atoms with Crippen LogP contribution >= 0.6 is 15.9 Å². The lowest BCUT2D eigenvalue weighted by atomic mass is 10.2. The van der Waals surface area contributed by atoms with E-state index < -0.39 is 0 Å². The summed E-state index contributed by atoms with van der Waals surface area (Å²) in [6, 6.07) is 5.76. The molecule has 0 atom stereocenters. The first-order valence-electron chi connectivity index (χ1n) is 5.02. The molecule has 0 aliphatic rings. The Hall–Kier alpha value is -1.36. The van der Waals surface area contributed by atoms with Crippen molar-refractivity contribution in [2.75, 3.05) is 5.32 Å². The molecule has 0 unspecified atom stereocenters. The molecular weight excluding hydrogens is 270 g/mol. The Morgan fingerprint density at radius 2 is 2.25 bits per heavy atom. The van der Waals surface area contributed by atoms with E-state index in [1.165, 1.54) is 0 Å². The zero-order valence-electron chi connectivity index (χ0n) is 9.04. The summed E-state index contributed by atoms with van der Waals surface area (Å²) < 4.78 is 0.977. The average molecular weight is 282 g/mol. The van der Waals surface area contributed by atoms with Crippen molar-refractivity contribution in [1.82, 2.24) is 10.2 Å². The van der Waals surface area contributed by atoms with Crippen molar-refractivity contribution >= 4 is 38.6 Å². The van der Waals surface area contributed by atoms with E-state index >= 15 is 0 Å². The molecule has 5 heteroatoms. The molecule has 2 rings (SSSR count). The van der Waals surface area contributed by atoms with Crippen molar-refractivity contribution in [2.24, 2.45) is 5.92 Å². The Labute approximate surface area is 102 Å². The minimum atomic E-state index is -0.0535. The van der Waals surface area contributed by atoms with Crippen molar-refractivity contribution in [3.8, 4) is 0 Å². The third-order valence-electron chi connectivity index (χ3n) is 2.29. The second-order valence-electron chi connectivity index (χ2n) is 3.91. The maximum atomic E-state index is 11.5. The Morgan fingerprint density at radius 1 is 1.50 bits per heavy atom. The number of anilines is 1. The van der Waals surface area contributed by atoms with Gasteiger partial charge in [-0.15, -0.1) is 0 Å². The summed E-state index contributed by atoms with van der Waals surface area (Å²) in [5.41, 5.74) is 0.897. The highest BCUT2D eigenvalue weighted by Gasteiger charge is 2.11. The molecule has 0 saturated carbocycles. The fraction of sp³-hybridized carbons (Fsp3) is 0.273. The molecule has 0 saturated heterocycles. The summed E-state index contributed by atoms with van der Waals surface area (Å²) >= 11 is 3.38. The number of aromatic nitrogens is 2. The van der Waals surface area contributed by atoms with Gasteiger partial charge in [-0.25, -0.2) is 0 Å². The summed E-state index contributed by atoms with van der Waals surface area (Å²) in [6.07, 6.45) is 0. The molecular formula is C11H12BrN3O. The van der Waals surface area contributed by atoms with Crippen LogP contribution in [0.3, 0.4) is 0 Å². The molecule has 0 spiro atoms. The van der Waals surface area contributed by atoms with Gasteiger partial charge in [0, 0.05) is 15.8 Å². The first kappa shape index (κ1) is 11.1. The number of H-pyrrole nitrogens is 1. The number of halogens is 1. The third kappa shape index (κ3) is 2.09. The molecule has 1 heterocycles. The number of carbonyl (C=O) groups is 1. The maximum absolute atomic E-state index is 11.5. The molecule has 1 amide bonds. The highest BCUT2D eigenvalue weighted by molar-refractivity contribution is 9.10. The number of aromatic amines is 1. The van der Waals surface area contributed by atoms with Crippen LogP contribution in [0.2, 0.25) is 0 Å². The summed E-state index contributed by atoms with van der Waals surface area (Å²) in [4.78, 5) is 11.5. The van der Waals surface area contributed by atoms with Gasteiger partial charge in [-0.1, -0.05) is 29.8 Å². The van der Waals surface area contributed by atoms with Crippen LogP contribution in [0.15, 0.2) is 22.7 Å². The van der Waals surface area contributed by atoms with Gasteiger partial charge in [0.2, 0.25) is 5.91 Å².